The normalized spacial score (nSPS) is 19.4. The van der Waals surface area contributed by atoms with Crippen molar-refractivity contribution in [2.24, 2.45) is 0 Å². The number of hydrogen-bond donors (Lipinski definition) is 2. The molecule has 1 aliphatic rings. The molecule has 1 aromatic heterocycles. The van der Waals surface area contributed by atoms with E-state index < -0.39 is 23.4 Å². The number of aromatic nitrogens is 1. The molecule has 1 aromatic carbocycles. The Morgan fingerprint density at radius 2 is 1.92 bits per heavy atom. The second kappa shape index (κ2) is 6.87. The van der Waals surface area contributed by atoms with Crippen molar-refractivity contribution in [3.05, 3.63) is 58.2 Å². The highest BCUT2D eigenvalue weighted by Gasteiger charge is 2.49. The summed E-state index contributed by atoms with van der Waals surface area (Å²) in [6.45, 7) is 3.18. The molecule has 7 nitrogen and oxygen atoms in total. The maximum atomic E-state index is 12.8. The van der Waals surface area contributed by atoms with E-state index in [9.17, 15) is 14.4 Å². The van der Waals surface area contributed by atoms with Gasteiger partial charge in [-0.15, -0.1) is 0 Å². The summed E-state index contributed by atoms with van der Waals surface area (Å²) in [6, 6.07) is 10.1. The fourth-order valence-corrected chi connectivity index (χ4v) is 2.93. The highest BCUT2D eigenvalue weighted by atomic mass is 79.9. The molecule has 0 radical (unpaired) electrons. The summed E-state index contributed by atoms with van der Waals surface area (Å²) in [5.74, 6) is -0.631. The van der Waals surface area contributed by atoms with Crippen molar-refractivity contribution >= 4 is 39.6 Å². The standard InChI is InChI=1S/C18H17BrN4O3/c1-11-3-5-12(6-4-11)18(2)16(25)23(17(26)22-18)10-15(24)21-14-8-7-13(19)9-20-14/h3-9H,10H2,1-2H3,(H,22,26)(H,20,21,24). The zero-order valence-electron chi connectivity index (χ0n) is 14.2. The van der Waals surface area contributed by atoms with Gasteiger partial charge in [-0.25, -0.2) is 9.78 Å². The molecule has 1 fully saturated rings. The SMILES string of the molecule is Cc1ccc(C2(C)NC(=O)N(CC(=O)Nc3ccc(Br)cn3)C2=O)cc1. The Hall–Kier alpha value is -2.74. The van der Waals surface area contributed by atoms with Crippen molar-refractivity contribution < 1.29 is 14.4 Å². The summed E-state index contributed by atoms with van der Waals surface area (Å²) in [7, 11) is 0. The molecule has 3 rings (SSSR count). The average Bonchev–Trinajstić information content (AvgIpc) is 2.82. The van der Waals surface area contributed by atoms with E-state index in [1.807, 2.05) is 19.1 Å². The van der Waals surface area contributed by atoms with Crippen LogP contribution in [0.15, 0.2) is 47.1 Å². The summed E-state index contributed by atoms with van der Waals surface area (Å²) in [5, 5.41) is 5.25. The lowest BCUT2D eigenvalue weighted by atomic mass is 9.91. The van der Waals surface area contributed by atoms with Gasteiger partial charge in [0.25, 0.3) is 5.91 Å². The number of aryl methyl sites for hydroxylation is 1. The molecule has 0 spiro atoms. The van der Waals surface area contributed by atoms with Gasteiger partial charge >= 0.3 is 6.03 Å². The Kier molecular flexibility index (Phi) is 4.78. The monoisotopic (exact) mass is 416 g/mol. The van der Waals surface area contributed by atoms with Gasteiger partial charge in [0.05, 0.1) is 0 Å². The maximum Gasteiger partial charge on any atom is 0.325 e. The Morgan fingerprint density at radius 1 is 1.23 bits per heavy atom. The van der Waals surface area contributed by atoms with E-state index in [2.05, 4.69) is 31.5 Å². The first-order valence-electron chi connectivity index (χ1n) is 7.92. The number of halogens is 1. The molecule has 1 saturated heterocycles. The van der Waals surface area contributed by atoms with Crippen molar-refractivity contribution in [1.82, 2.24) is 15.2 Å². The molecule has 1 unspecified atom stereocenters. The van der Waals surface area contributed by atoms with Crippen LogP contribution in [0.4, 0.5) is 10.6 Å². The molecular weight excluding hydrogens is 400 g/mol. The zero-order chi connectivity index (χ0) is 18.9. The molecule has 1 aliphatic heterocycles. The van der Waals surface area contributed by atoms with Crippen LogP contribution in [0.3, 0.4) is 0 Å². The molecule has 4 amide bonds. The average molecular weight is 417 g/mol. The van der Waals surface area contributed by atoms with E-state index in [4.69, 9.17) is 0 Å². The van der Waals surface area contributed by atoms with E-state index in [-0.39, 0.29) is 6.54 Å². The minimum absolute atomic E-state index is 0.339. The van der Waals surface area contributed by atoms with Crippen molar-refractivity contribution in [2.45, 2.75) is 19.4 Å². The van der Waals surface area contributed by atoms with Crippen LogP contribution in [0.2, 0.25) is 0 Å². The van der Waals surface area contributed by atoms with Gasteiger partial charge in [0.2, 0.25) is 5.91 Å². The predicted molar refractivity (Wildman–Crippen MR) is 99.3 cm³/mol. The lowest BCUT2D eigenvalue weighted by Gasteiger charge is -2.22. The largest absolute Gasteiger partial charge is 0.325 e. The van der Waals surface area contributed by atoms with Gasteiger partial charge in [0.1, 0.15) is 17.9 Å². The smallest absolute Gasteiger partial charge is 0.319 e. The first-order valence-corrected chi connectivity index (χ1v) is 8.71. The third-order valence-electron chi connectivity index (χ3n) is 4.20. The van der Waals surface area contributed by atoms with Crippen molar-refractivity contribution in [3.8, 4) is 0 Å². The number of nitrogens with zero attached hydrogens (tertiary/aromatic N) is 2. The Labute approximate surface area is 158 Å². The lowest BCUT2D eigenvalue weighted by Crippen LogP contribution is -2.42. The van der Waals surface area contributed by atoms with Crippen LogP contribution in [0, 0.1) is 6.92 Å². The third kappa shape index (κ3) is 3.45. The number of benzene rings is 1. The number of hydrogen-bond acceptors (Lipinski definition) is 4. The fourth-order valence-electron chi connectivity index (χ4n) is 2.70. The zero-order valence-corrected chi connectivity index (χ0v) is 15.8. The minimum atomic E-state index is -1.19. The molecule has 0 aliphatic carbocycles. The van der Waals surface area contributed by atoms with Gasteiger partial charge in [-0.3, -0.25) is 14.5 Å². The van der Waals surface area contributed by atoms with Gasteiger partial charge < -0.3 is 10.6 Å². The van der Waals surface area contributed by atoms with E-state index in [0.29, 0.717) is 11.4 Å². The van der Waals surface area contributed by atoms with E-state index >= 15 is 0 Å². The van der Waals surface area contributed by atoms with Crippen molar-refractivity contribution in [2.75, 3.05) is 11.9 Å². The topological polar surface area (TPSA) is 91.4 Å². The molecule has 26 heavy (non-hydrogen) atoms. The van der Waals surface area contributed by atoms with Crippen LogP contribution in [-0.4, -0.2) is 34.3 Å². The summed E-state index contributed by atoms with van der Waals surface area (Å²) < 4.78 is 0.776. The molecular formula is C18H17BrN4O3. The molecule has 0 saturated carbocycles. The quantitative estimate of drug-likeness (QED) is 0.749. The summed E-state index contributed by atoms with van der Waals surface area (Å²) in [4.78, 5) is 42.2. The number of anilines is 1. The number of carbonyl (C=O) groups excluding carboxylic acids is 3. The second-order valence-electron chi connectivity index (χ2n) is 6.22. The Morgan fingerprint density at radius 3 is 2.54 bits per heavy atom. The lowest BCUT2D eigenvalue weighted by molar-refractivity contribution is -0.133. The van der Waals surface area contributed by atoms with Crippen LogP contribution in [0.5, 0.6) is 0 Å². The minimum Gasteiger partial charge on any atom is -0.319 e. The predicted octanol–water partition coefficient (Wildman–Crippen LogP) is 2.56. The van der Waals surface area contributed by atoms with Crippen LogP contribution in [-0.2, 0) is 15.1 Å². The maximum absolute atomic E-state index is 12.8. The van der Waals surface area contributed by atoms with Crippen molar-refractivity contribution in [1.29, 1.82) is 0 Å². The first kappa shape index (κ1) is 18.1. The van der Waals surface area contributed by atoms with Gasteiger partial charge in [-0.05, 0) is 47.5 Å². The van der Waals surface area contributed by atoms with Gasteiger partial charge in [-0.1, -0.05) is 29.8 Å². The third-order valence-corrected chi connectivity index (χ3v) is 4.67. The molecule has 134 valence electrons. The highest BCUT2D eigenvalue weighted by Crippen LogP contribution is 2.28. The fraction of sp³-hybridized carbons (Fsp3) is 0.222. The molecule has 1 atom stereocenters. The van der Waals surface area contributed by atoms with Crippen LogP contribution in [0.25, 0.3) is 0 Å². The Balaban J connectivity index is 1.73. The van der Waals surface area contributed by atoms with Crippen LogP contribution >= 0.6 is 15.9 Å². The number of rotatable bonds is 4. The van der Waals surface area contributed by atoms with Gasteiger partial charge in [0, 0.05) is 10.7 Å². The van der Waals surface area contributed by atoms with Crippen LogP contribution < -0.4 is 10.6 Å². The summed E-state index contributed by atoms with van der Waals surface area (Å²) in [5.41, 5.74) is 0.521. The highest BCUT2D eigenvalue weighted by molar-refractivity contribution is 9.10. The van der Waals surface area contributed by atoms with Crippen LogP contribution in [0.1, 0.15) is 18.1 Å². The Bertz CT molecular complexity index is 867. The number of amides is 4. The summed E-state index contributed by atoms with van der Waals surface area (Å²) >= 11 is 3.26. The molecule has 2 heterocycles. The summed E-state index contributed by atoms with van der Waals surface area (Å²) in [6.07, 6.45) is 1.54. The number of carbonyl (C=O) groups is 3. The number of nitrogens with one attached hydrogen (secondary N) is 2. The first-order chi connectivity index (χ1) is 12.3. The number of imide groups is 1. The van der Waals surface area contributed by atoms with E-state index in [0.717, 1.165) is 14.9 Å². The molecule has 2 N–H and O–H groups in total. The van der Waals surface area contributed by atoms with Crippen molar-refractivity contribution in [3.63, 3.8) is 0 Å². The second-order valence-corrected chi connectivity index (χ2v) is 7.14. The van der Waals surface area contributed by atoms with E-state index in [1.165, 1.54) is 6.20 Å². The molecule has 0 bridgehead atoms. The molecule has 8 heteroatoms. The number of pyridine rings is 1. The van der Waals surface area contributed by atoms with E-state index in [1.54, 1.807) is 31.2 Å². The number of urea groups is 1. The molecule has 2 aromatic rings. The van der Waals surface area contributed by atoms with Gasteiger partial charge in [-0.2, -0.15) is 0 Å². The van der Waals surface area contributed by atoms with Gasteiger partial charge in [0.15, 0.2) is 0 Å².